The predicted octanol–water partition coefficient (Wildman–Crippen LogP) is 2.90. The molecule has 176 valence electrons. The lowest BCUT2D eigenvalue weighted by Crippen LogP contribution is -2.42. The van der Waals surface area contributed by atoms with Crippen molar-refractivity contribution < 1.29 is 14.0 Å². The Morgan fingerprint density at radius 1 is 1.23 bits per heavy atom. The zero-order chi connectivity index (χ0) is 24.9. The summed E-state index contributed by atoms with van der Waals surface area (Å²) in [5, 5.41) is 21.1. The number of carbonyl (C=O) groups is 2. The van der Waals surface area contributed by atoms with E-state index in [0.29, 0.717) is 52.1 Å². The van der Waals surface area contributed by atoms with Gasteiger partial charge in [0.05, 0.1) is 53.1 Å². The van der Waals surface area contributed by atoms with Crippen molar-refractivity contribution in [2.75, 3.05) is 11.9 Å². The van der Waals surface area contributed by atoms with Crippen LogP contribution in [0.15, 0.2) is 36.5 Å². The van der Waals surface area contributed by atoms with Crippen molar-refractivity contribution >= 4 is 28.5 Å². The van der Waals surface area contributed by atoms with Gasteiger partial charge in [0.1, 0.15) is 11.5 Å². The van der Waals surface area contributed by atoms with Crippen LogP contribution in [0, 0.1) is 24.1 Å². The summed E-state index contributed by atoms with van der Waals surface area (Å²) >= 11 is 0. The molecule has 2 aromatic heterocycles. The first-order chi connectivity index (χ1) is 16.8. The number of carbonyl (C=O) groups excluding carboxylic acids is 2. The number of nitriles is 1. The number of hydrogen-bond donors (Lipinski definition) is 2. The van der Waals surface area contributed by atoms with Crippen molar-refractivity contribution in [1.29, 1.82) is 5.26 Å². The van der Waals surface area contributed by atoms with Gasteiger partial charge in [0.25, 0.3) is 5.91 Å². The zero-order valence-corrected chi connectivity index (χ0v) is 19.0. The lowest BCUT2D eigenvalue weighted by atomic mass is 10.0. The quantitative estimate of drug-likeness (QED) is 0.473. The van der Waals surface area contributed by atoms with Crippen LogP contribution in [0.1, 0.15) is 27.2 Å². The minimum Gasteiger partial charge on any atom is -0.351 e. The molecule has 0 saturated carbocycles. The Labute approximate surface area is 199 Å². The first kappa shape index (κ1) is 22.1. The summed E-state index contributed by atoms with van der Waals surface area (Å²) in [6.07, 6.45) is 1.44. The van der Waals surface area contributed by atoms with Gasteiger partial charge in [0.15, 0.2) is 0 Å². The molecule has 3 N–H and O–H groups in total. The van der Waals surface area contributed by atoms with E-state index in [9.17, 15) is 19.2 Å². The van der Waals surface area contributed by atoms with Crippen molar-refractivity contribution in [3.63, 3.8) is 0 Å². The maximum atomic E-state index is 14.9. The van der Waals surface area contributed by atoms with E-state index >= 15 is 0 Å². The number of halogens is 1. The number of amides is 3. The molecular weight excluding hydrogens is 451 g/mol. The number of anilines is 1. The third kappa shape index (κ3) is 3.74. The van der Waals surface area contributed by atoms with E-state index in [0.717, 1.165) is 0 Å². The van der Waals surface area contributed by atoms with Crippen molar-refractivity contribution in [2.45, 2.75) is 20.0 Å². The second kappa shape index (κ2) is 8.25. The number of primary amides is 1. The largest absolute Gasteiger partial charge is 0.351 e. The Kier molecular flexibility index (Phi) is 5.21. The van der Waals surface area contributed by atoms with Crippen LogP contribution in [0.25, 0.3) is 22.2 Å². The van der Waals surface area contributed by atoms with E-state index in [1.54, 1.807) is 47.6 Å². The van der Waals surface area contributed by atoms with Crippen LogP contribution < -0.4 is 11.1 Å². The normalized spacial score (nSPS) is 12.9. The molecule has 11 heteroatoms. The molecule has 0 radical (unpaired) electrons. The predicted molar refractivity (Wildman–Crippen MR) is 126 cm³/mol. The van der Waals surface area contributed by atoms with E-state index in [1.165, 1.54) is 17.2 Å². The number of nitrogens with one attached hydrogen (secondary N) is 1. The van der Waals surface area contributed by atoms with E-state index in [1.807, 2.05) is 0 Å². The molecule has 2 aromatic carbocycles. The molecule has 5 rings (SSSR count). The number of rotatable bonds is 3. The van der Waals surface area contributed by atoms with Crippen molar-refractivity contribution in [3.05, 3.63) is 64.7 Å². The molecule has 0 aliphatic carbocycles. The molecule has 0 spiro atoms. The molecule has 0 bridgehead atoms. The first-order valence-corrected chi connectivity index (χ1v) is 10.8. The minimum absolute atomic E-state index is 0.0912. The molecule has 1 aliphatic heterocycles. The topological polar surface area (TPSA) is 135 Å². The standard InChI is InChI=1S/C24H21FN8O2/c1-13-7-16(4-3-14(13)10-26)29-23(34)21-20-12-32(24(27)35)5-6-33(20)30-22(21)15-8-18(25)17-11-28-31(2)19(17)9-15/h3-4,7-9,11H,5-6,12H2,1-2H3,(H2,27,35)(H,29,34). The number of aromatic nitrogens is 4. The summed E-state index contributed by atoms with van der Waals surface area (Å²) in [6, 6.07) is 9.51. The van der Waals surface area contributed by atoms with Crippen LogP contribution >= 0.6 is 0 Å². The highest BCUT2D eigenvalue weighted by Crippen LogP contribution is 2.32. The van der Waals surface area contributed by atoms with Crippen LogP contribution in [0.2, 0.25) is 0 Å². The fourth-order valence-corrected chi connectivity index (χ4v) is 4.35. The second-order valence-corrected chi connectivity index (χ2v) is 8.41. The van der Waals surface area contributed by atoms with Crippen molar-refractivity contribution in [3.8, 4) is 17.3 Å². The number of urea groups is 1. The summed E-state index contributed by atoms with van der Waals surface area (Å²) in [5.74, 6) is -0.952. The number of hydrogen-bond acceptors (Lipinski definition) is 5. The SMILES string of the molecule is Cc1cc(NC(=O)c2c(-c3cc(F)c4cnn(C)c4c3)nn3c2CN(C(N)=O)CC3)ccc1C#N. The van der Waals surface area contributed by atoms with Gasteiger partial charge in [-0.05, 0) is 42.8 Å². The molecule has 3 heterocycles. The van der Waals surface area contributed by atoms with Crippen LogP contribution in [0.5, 0.6) is 0 Å². The number of aryl methyl sites for hydroxylation is 2. The molecule has 1 aliphatic rings. The molecule has 35 heavy (non-hydrogen) atoms. The lowest BCUT2D eigenvalue weighted by Gasteiger charge is -2.26. The monoisotopic (exact) mass is 472 g/mol. The minimum atomic E-state index is -0.601. The fourth-order valence-electron chi connectivity index (χ4n) is 4.35. The zero-order valence-electron chi connectivity index (χ0n) is 19.0. The van der Waals surface area contributed by atoms with Gasteiger partial charge in [-0.15, -0.1) is 0 Å². The fraction of sp³-hybridized carbons (Fsp3) is 0.208. The molecule has 4 aromatic rings. The average molecular weight is 472 g/mol. The summed E-state index contributed by atoms with van der Waals surface area (Å²) < 4.78 is 18.1. The maximum absolute atomic E-state index is 14.9. The Morgan fingerprint density at radius 3 is 2.74 bits per heavy atom. The molecular formula is C24H21FN8O2. The highest BCUT2D eigenvalue weighted by Gasteiger charge is 2.30. The van der Waals surface area contributed by atoms with Crippen molar-refractivity contribution in [1.82, 2.24) is 24.5 Å². The number of benzene rings is 2. The van der Waals surface area contributed by atoms with Gasteiger partial charge in [-0.3, -0.25) is 14.2 Å². The van der Waals surface area contributed by atoms with E-state index in [2.05, 4.69) is 21.6 Å². The summed E-state index contributed by atoms with van der Waals surface area (Å²) in [7, 11) is 1.70. The average Bonchev–Trinajstić information content (AvgIpc) is 3.39. The molecule has 3 amide bonds. The third-order valence-corrected chi connectivity index (χ3v) is 6.21. The number of fused-ring (bicyclic) bond motifs is 2. The molecule has 0 fully saturated rings. The Balaban J connectivity index is 1.64. The van der Waals surface area contributed by atoms with Gasteiger partial charge in [0.2, 0.25) is 0 Å². The molecule has 10 nitrogen and oxygen atoms in total. The lowest BCUT2D eigenvalue weighted by molar-refractivity contribution is 0.102. The number of nitrogens with two attached hydrogens (primary N) is 1. The van der Waals surface area contributed by atoms with Crippen LogP contribution in [-0.4, -0.2) is 42.9 Å². The van der Waals surface area contributed by atoms with Crippen molar-refractivity contribution in [2.24, 2.45) is 12.8 Å². The van der Waals surface area contributed by atoms with E-state index < -0.39 is 17.8 Å². The van der Waals surface area contributed by atoms with Gasteiger partial charge in [0, 0.05) is 24.8 Å². The second-order valence-electron chi connectivity index (χ2n) is 8.41. The summed E-state index contributed by atoms with van der Waals surface area (Å²) in [6.45, 7) is 2.55. The first-order valence-electron chi connectivity index (χ1n) is 10.8. The highest BCUT2D eigenvalue weighted by atomic mass is 19.1. The Hall–Kier alpha value is -4.72. The summed E-state index contributed by atoms with van der Waals surface area (Å²) in [5.41, 5.74) is 9.18. The van der Waals surface area contributed by atoms with Crippen LogP contribution in [-0.2, 0) is 20.1 Å². The van der Waals surface area contributed by atoms with Gasteiger partial charge in [-0.25, -0.2) is 9.18 Å². The molecule has 0 saturated heterocycles. The highest BCUT2D eigenvalue weighted by molar-refractivity contribution is 6.09. The van der Waals surface area contributed by atoms with Gasteiger partial charge in [-0.2, -0.15) is 15.5 Å². The van der Waals surface area contributed by atoms with E-state index in [4.69, 9.17) is 5.73 Å². The number of nitrogens with zero attached hydrogens (tertiary/aromatic N) is 6. The molecule has 0 atom stereocenters. The van der Waals surface area contributed by atoms with Crippen LogP contribution in [0.3, 0.4) is 0 Å². The maximum Gasteiger partial charge on any atom is 0.315 e. The Morgan fingerprint density at radius 2 is 2.03 bits per heavy atom. The van der Waals surface area contributed by atoms with Gasteiger partial charge < -0.3 is 16.0 Å². The molecule has 0 unspecified atom stereocenters. The van der Waals surface area contributed by atoms with Gasteiger partial charge in [-0.1, -0.05) is 0 Å². The third-order valence-electron chi connectivity index (χ3n) is 6.21. The van der Waals surface area contributed by atoms with Gasteiger partial charge >= 0.3 is 6.03 Å². The smallest absolute Gasteiger partial charge is 0.315 e. The van der Waals surface area contributed by atoms with E-state index in [-0.39, 0.29) is 17.8 Å². The summed E-state index contributed by atoms with van der Waals surface area (Å²) in [4.78, 5) is 26.8. The van der Waals surface area contributed by atoms with Crippen LogP contribution in [0.4, 0.5) is 14.9 Å². The Bertz CT molecular complexity index is 1560.